The number of amides is 2. The van der Waals surface area contributed by atoms with Gasteiger partial charge in [0.05, 0.1) is 6.04 Å². The van der Waals surface area contributed by atoms with E-state index in [1.165, 1.54) is 9.78 Å². The van der Waals surface area contributed by atoms with E-state index >= 15 is 0 Å². The summed E-state index contributed by atoms with van der Waals surface area (Å²) in [7, 11) is 3.37. The Kier molecular flexibility index (Phi) is 8.02. The second-order valence-electron chi connectivity index (χ2n) is 7.10. The molecular weight excluding hydrogens is 374 g/mol. The molecule has 2 rings (SSSR count). The number of benzene rings is 1. The van der Waals surface area contributed by atoms with Crippen molar-refractivity contribution < 1.29 is 14.7 Å². The van der Waals surface area contributed by atoms with Crippen LogP contribution in [0, 0.1) is 0 Å². The van der Waals surface area contributed by atoms with Crippen molar-refractivity contribution in [1.29, 1.82) is 0 Å². The van der Waals surface area contributed by atoms with Crippen LogP contribution in [0.4, 0.5) is 0 Å². The van der Waals surface area contributed by atoms with Crippen LogP contribution >= 0.6 is 11.3 Å². The van der Waals surface area contributed by atoms with Gasteiger partial charge in [0, 0.05) is 25.5 Å². The maximum atomic E-state index is 13.1. The van der Waals surface area contributed by atoms with Crippen LogP contribution < -0.4 is 5.73 Å². The van der Waals surface area contributed by atoms with Crippen molar-refractivity contribution in [2.45, 2.75) is 38.3 Å². The third-order valence-electron chi connectivity index (χ3n) is 4.66. The molecule has 1 aromatic heterocycles. The molecule has 7 heteroatoms. The minimum absolute atomic E-state index is 0.124. The molecule has 1 aromatic carbocycles. The van der Waals surface area contributed by atoms with Gasteiger partial charge in [-0.05, 0) is 55.3 Å². The number of thiophene rings is 1. The zero-order valence-corrected chi connectivity index (χ0v) is 17.5. The fourth-order valence-electron chi connectivity index (χ4n) is 3.07. The average molecular weight is 404 g/mol. The summed E-state index contributed by atoms with van der Waals surface area (Å²) in [6, 6.07) is 9.40. The second kappa shape index (κ2) is 10.2. The number of carbonyl (C=O) groups is 2. The van der Waals surface area contributed by atoms with Crippen LogP contribution in [0.15, 0.2) is 41.8 Å². The summed E-state index contributed by atoms with van der Waals surface area (Å²) in [6.07, 6.45) is 1.98. The van der Waals surface area contributed by atoms with Gasteiger partial charge in [-0.15, -0.1) is 11.3 Å². The molecule has 0 saturated carbocycles. The Morgan fingerprint density at radius 3 is 2.39 bits per heavy atom. The molecule has 0 spiro atoms. The van der Waals surface area contributed by atoms with Crippen LogP contribution in [0.2, 0.25) is 0 Å². The van der Waals surface area contributed by atoms with E-state index in [0.717, 1.165) is 18.4 Å². The average Bonchev–Trinajstić information content (AvgIpc) is 3.18. The Morgan fingerprint density at radius 2 is 1.82 bits per heavy atom. The number of nitrogens with zero attached hydrogens (tertiary/aromatic N) is 2. The summed E-state index contributed by atoms with van der Waals surface area (Å²) in [6.45, 7) is 2.22. The van der Waals surface area contributed by atoms with E-state index in [0.29, 0.717) is 13.0 Å². The van der Waals surface area contributed by atoms with Crippen LogP contribution in [-0.2, 0) is 22.4 Å². The summed E-state index contributed by atoms with van der Waals surface area (Å²) in [5.74, 6) is -0.188. The Hall–Kier alpha value is -2.38. The zero-order chi connectivity index (χ0) is 20.7. The van der Waals surface area contributed by atoms with Gasteiger partial charge >= 0.3 is 0 Å². The van der Waals surface area contributed by atoms with E-state index in [-0.39, 0.29) is 17.6 Å². The summed E-state index contributed by atoms with van der Waals surface area (Å²) in [4.78, 5) is 29.9. The Labute approximate surface area is 170 Å². The number of phenols is 1. The summed E-state index contributed by atoms with van der Waals surface area (Å²) in [5.41, 5.74) is 7.06. The topological polar surface area (TPSA) is 86.9 Å². The van der Waals surface area contributed by atoms with Crippen LogP contribution in [0.25, 0.3) is 0 Å². The molecule has 0 saturated heterocycles. The molecule has 0 aliphatic heterocycles. The van der Waals surface area contributed by atoms with Crippen molar-refractivity contribution >= 4 is 23.2 Å². The molecule has 0 aliphatic rings. The number of aromatic hydroxyl groups is 1. The number of phenolic OH excluding ortho intramolecular Hbond substituents is 1. The molecule has 1 heterocycles. The molecule has 0 radical (unpaired) electrons. The predicted octanol–water partition coefficient (Wildman–Crippen LogP) is 2.26. The van der Waals surface area contributed by atoms with Gasteiger partial charge in [-0.2, -0.15) is 0 Å². The number of hydrogen-bond acceptors (Lipinski definition) is 5. The summed E-state index contributed by atoms with van der Waals surface area (Å²) >= 11 is 1.69. The van der Waals surface area contributed by atoms with Gasteiger partial charge in [0.1, 0.15) is 11.8 Å². The van der Waals surface area contributed by atoms with E-state index < -0.39 is 12.1 Å². The van der Waals surface area contributed by atoms with E-state index in [1.54, 1.807) is 61.5 Å². The molecule has 0 aliphatic carbocycles. The van der Waals surface area contributed by atoms with E-state index in [4.69, 9.17) is 5.73 Å². The number of aryl methyl sites for hydroxylation is 1. The van der Waals surface area contributed by atoms with Gasteiger partial charge in [-0.25, -0.2) is 0 Å². The summed E-state index contributed by atoms with van der Waals surface area (Å²) < 4.78 is 0. The summed E-state index contributed by atoms with van der Waals surface area (Å²) in [5, 5.41) is 11.4. The lowest BCUT2D eigenvalue weighted by atomic mass is 10.0. The lowest BCUT2D eigenvalue weighted by Gasteiger charge is -2.32. The molecule has 2 amide bonds. The maximum absolute atomic E-state index is 13.1. The van der Waals surface area contributed by atoms with Crippen molar-refractivity contribution in [1.82, 2.24) is 9.80 Å². The predicted molar refractivity (Wildman–Crippen MR) is 112 cm³/mol. The monoisotopic (exact) mass is 403 g/mol. The highest BCUT2D eigenvalue weighted by Gasteiger charge is 2.30. The number of likely N-dealkylation sites (N-methyl/N-ethyl adjacent to an activating group) is 1. The van der Waals surface area contributed by atoms with Crippen molar-refractivity contribution in [2.75, 3.05) is 20.6 Å². The smallest absolute Gasteiger partial charge is 0.244 e. The molecule has 2 atom stereocenters. The Bertz CT molecular complexity index is 760. The Balaban J connectivity index is 2.07. The van der Waals surface area contributed by atoms with Crippen molar-refractivity contribution in [2.24, 2.45) is 5.73 Å². The first-order valence-electron chi connectivity index (χ1n) is 9.37. The molecular formula is C21H29N3O3S. The Morgan fingerprint density at radius 1 is 1.14 bits per heavy atom. The second-order valence-corrected chi connectivity index (χ2v) is 8.13. The van der Waals surface area contributed by atoms with E-state index in [1.807, 2.05) is 11.4 Å². The van der Waals surface area contributed by atoms with Gasteiger partial charge < -0.3 is 20.6 Å². The maximum Gasteiger partial charge on any atom is 0.244 e. The minimum atomic E-state index is -0.747. The van der Waals surface area contributed by atoms with Crippen molar-refractivity contribution in [3.8, 4) is 5.75 Å². The lowest BCUT2D eigenvalue weighted by molar-refractivity contribution is -0.144. The van der Waals surface area contributed by atoms with Gasteiger partial charge in [-0.1, -0.05) is 18.2 Å². The fourth-order valence-corrected chi connectivity index (χ4v) is 3.82. The minimum Gasteiger partial charge on any atom is -0.508 e. The van der Waals surface area contributed by atoms with Crippen molar-refractivity contribution in [3.05, 3.63) is 52.2 Å². The van der Waals surface area contributed by atoms with Crippen LogP contribution in [-0.4, -0.2) is 59.4 Å². The molecule has 0 fully saturated rings. The quantitative estimate of drug-likeness (QED) is 0.672. The highest BCUT2D eigenvalue weighted by atomic mass is 32.1. The number of rotatable bonds is 9. The third-order valence-corrected chi connectivity index (χ3v) is 5.60. The SMILES string of the molecule is C[C@H](C(=O)N(C)C)N(CCCc1cccs1)C(=O)[C@@H](N)Cc1ccc(O)cc1. The highest BCUT2D eigenvalue weighted by Crippen LogP contribution is 2.15. The van der Waals surface area contributed by atoms with E-state index in [9.17, 15) is 14.7 Å². The first-order valence-corrected chi connectivity index (χ1v) is 10.2. The van der Waals surface area contributed by atoms with Gasteiger partial charge in [0.15, 0.2) is 0 Å². The number of carbonyl (C=O) groups excluding carboxylic acids is 2. The highest BCUT2D eigenvalue weighted by molar-refractivity contribution is 7.09. The zero-order valence-electron chi connectivity index (χ0n) is 16.7. The first kappa shape index (κ1) is 21.9. The normalized spacial score (nSPS) is 13.0. The third kappa shape index (κ3) is 6.07. The van der Waals surface area contributed by atoms with Crippen LogP contribution in [0.3, 0.4) is 0 Å². The lowest BCUT2D eigenvalue weighted by Crippen LogP contribution is -2.53. The van der Waals surface area contributed by atoms with Crippen LogP contribution in [0.5, 0.6) is 5.75 Å². The number of hydrogen-bond donors (Lipinski definition) is 2. The number of nitrogens with two attached hydrogens (primary N) is 1. The van der Waals surface area contributed by atoms with Gasteiger partial charge in [0.2, 0.25) is 11.8 Å². The molecule has 0 unspecified atom stereocenters. The van der Waals surface area contributed by atoms with Crippen LogP contribution in [0.1, 0.15) is 23.8 Å². The largest absolute Gasteiger partial charge is 0.508 e. The molecule has 0 bridgehead atoms. The first-order chi connectivity index (χ1) is 13.3. The van der Waals surface area contributed by atoms with Gasteiger partial charge in [-0.3, -0.25) is 9.59 Å². The van der Waals surface area contributed by atoms with E-state index in [2.05, 4.69) is 6.07 Å². The molecule has 2 aromatic rings. The standard InChI is InChI=1S/C21H29N3O3S/c1-15(20(26)23(2)3)24(12-4-6-18-7-5-13-28-18)21(27)19(22)14-16-8-10-17(25)11-9-16/h5,7-11,13,15,19,25H,4,6,12,14,22H2,1-3H3/t15-,19+/m1/s1. The van der Waals surface area contributed by atoms with Crippen molar-refractivity contribution in [3.63, 3.8) is 0 Å². The molecule has 28 heavy (non-hydrogen) atoms. The van der Waals surface area contributed by atoms with Gasteiger partial charge in [0.25, 0.3) is 0 Å². The fraction of sp³-hybridized carbons (Fsp3) is 0.429. The molecule has 6 nitrogen and oxygen atoms in total. The molecule has 152 valence electrons. The molecule has 3 N–H and O–H groups in total.